The molecule has 21 heavy (non-hydrogen) atoms. The summed E-state index contributed by atoms with van der Waals surface area (Å²) < 4.78 is 0. The molecule has 1 fully saturated rings. The number of hydrogen-bond acceptors (Lipinski definition) is 5. The summed E-state index contributed by atoms with van der Waals surface area (Å²) in [5.41, 5.74) is 13.9. The number of nitrogens with zero attached hydrogens (tertiary/aromatic N) is 2. The Kier molecular flexibility index (Phi) is 4.39. The second-order valence-electron chi connectivity index (χ2n) is 6.24. The first kappa shape index (κ1) is 14.3. The van der Waals surface area contributed by atoms with Crippen molar-refractivity contribution in [2.45, 2.75) is 38.5 Å². The zero-order chi connectivity index (χ0) is 14.7. The Morgan fingerprint density at radius 3 is 2.67 bits per heavy atom. The summed E-state index contributed by atoms with van der Waals surface area (Å²) in [6.45, 7) is 1.76. The lowest BCUT2D eigenvalue weighted by molar-refractivity contribution is 0.289. The van der Waals surface area contributed by atoms with E-state index in [-0.39, 0.29) is 0 Å². The molecule has 5 N–H and O–H groups in total. The topological polar surface area (TPSA) is 89.8 Å². The second kappa shape index (κ2) is 6.43. The minimum atomic E-state index is 0.624. The summed E-state index contributed by atoms with van der Waals surface area (Å²) in [6, 6.07) is 0. The summed E-state index contributed by atoms with van der Waals surface area (Å²) in [5, 5.41) is 3.37. The maximum atomic E-state index is 6.05. The molecular formula is C16H25N5. The van der Waals surface area contributed by atoms with Gasteiger partial charge in [-0.15, -0.1) is 0 Å². The molecule has 0 unspecified atom stereocenters. The van der Waals surface area contributed by atoms with Crippen molar-refractivity contribution in [3.63, 3.8) is 0 Å². The van der Waals surface area contributed by atoms with Crippen molar-refractivity contribution in [3.05, 3.63) is 17.3 Å². The molecular weight excluding hydrogens is 262 g/mol. The van der Waals surface area contributed by atoms with Gasteiger partial charge in [0.1, 0.15) is 5.82 Å². The number of fused-ring (bicyclic) bond motifs is 1. The van der Waals surface area contributed by atoms with Gasteiger partial charge in [-0.2, -0.15) is 4.98 Å². The van der Waals surface area contributed by atoms with E-state index in [0.717, 1.165) is 43.1 Å². The summed E-state index contributed by atoms with van der Waals surface area (Å²) in [7, 11) is 0. The molecule has 5 heteroatoms. The van der Waals surface area contributed by atoms with Crippen LogP contribution in [0.15, 0.2) is 6.08 Å². The van der Waals surface area contributed by atoms with Gasteiger partial charge >= 0.3 is 0 Å². The Morgan fingerprint density at radius 1 is 1.14 bits per heavy atom. The number of aromatic nitrogens is 2. The van der Waals surface area contributed by atoms with E-state index in [0.29, 0.717) is 17.7 Å². The standard InChI is InChI=1S/C16H25N5/c17-9-11-5-7-12(8-6-11)10-19-16-20-14-4-2-1-3-13(14)15(18)21-16/h2,4,11-12H,1,3,5-10,17H2,(H3,18,19,20,21). The molecule has 0 radical (unpaired) electrons. The summed E-state index contributed by atoms with van der Waals surface area (Å²) in [4.78, 5) is 8.98. The van der Waals surface area contributed by atoms with Crippen LogP contribution < -0.4 is 16.8 Å². The molecule has 0 amide bonds. The third-order valence-corrected chi connectivity index (χ3v) is 4.76. The molecule has 1 heterocycles. The largest absolute Gasteiger partial charge is 0.383 e. The summed E-state index contributed by atoms with van der Waals surface area (Å²) in [6.07, 6.45) is 11.2. The Labute approximate surface area is 126 Å². The average Bonchev–Trinajstić information content (AvgIpc) is 2.53. The van der Waals surface area contributed by atoms with E-state index < -0.39 is 0 Å². The van der Waals surface area contributed by atoms with Gasteiger partial charge in [-0.05, 0) is 63.0 Å². The number of hydrogen-bond donors (Lipinski definition) is 3. The van der Waals surface area contributed by atoms with Gasteiger partial charge in [-0.1, -0.05) is 6.08 Å². The minimum Gasteiger partial charge on any atom is -0.383 e. The number of anilines is 2. The summed E-state index contributed by atoms with van der Waals surface area (Å²) >= 11 is 0. The molecule has 0 aromatic carbocycles. The lowest BCUT2D eigenvalue weighted by Crippen LogP contribution is -2.25. The molecule has 3 rings (SSSR count). The SMILES string of the molecule is NCC1CCC(CNc2nc(N)c3c(n2)C=CCC3)CC1. The minimum absolute atomic E-state index is 0.624. The van der Waals surface area contributed by atoms with Crippen molar-refractivity contribution in [1.82, 2.24) is 9.97 Å². The van der Waals surface area contributed by atoms with Gasteiger partial charge in [0.05, 0.1) is 5.69 Å². The van der Waals surface area contributed by atoms with Crippen LogP contribution in [-0.4, -0.2) is 23.1 Å². The molecule has 1 saturated carbocycles. The number of allylic oxidation sites excluding steroid dienone is 1. The van der Waals surface area contributed by atoms with Crippen LogP contribution in [0.25, 0.3) is 6.08 Å². The number of nitrogens with two attached hydrogens (primary N) is 2. The molecule has 5 nitrogen and oxygen atoms in total. The molecule has 0 aliphatic heterocycles. The fraction of sp³-hybridized carbons (Fsp3) is 0.625. The maximum absolute atomic E-state index is 6.05. The lowest BCUT2D eigenvalue weighted by atomic mass is 9.82. The smallest absolute Gasteiger partial charge is 0.225 e. The highest BCUT2D eigenvalue weighted by Crippen LogP contribution is 2.28. The maximum Gasteiger partial charge on any atom is 0.225 e. The van der Waals surface area contributed by atoms with Gasteiger partial charge in [0, 0.05) is 12.1 Å². The van der Waals surface area contributed by atoms with Crippen LogP contribution >= 0.6 is 0 Å². The molecule has 0 saturated heterocycles. The third kappa shape index (κ3) is 3.35. The fourth-order valence-corrected chi connectivity index (χ4v) is 3.32. The van der Waals surface area contributed by atoms with E-state index in [1.165, 1.54) is 25.7 Å². The Morgan fingerprint density at radius 2 is 1.90 bits per heavy atom. The number of nitrogen functional groups attached to an aromatic ring is 1. The highest BCUT2D eigenvalue weighted by atomic mass is 15.1. The van der Waals surface area contributed by atoms with Crippen molar-refractivity contribution < 1.29 is 0 Å². The Bertz CT molecular complexity index is 518. The molecule has 1 aromatic rings. The van der Waals surface area contributed by atoms with Crippen LogP contribution in [-0.2, 0) is 6.42 Å². The van der Waals surface area contributed by atoms with E-state index in [2.05, 4.69) is 27.4 Å². The van der Waals surface area contributed by atoms with E-state index >= 15 is 0 Å². The second-order valence-corrected chi connectivity index (χ2v) is 6.24. The molecule has 0 atom stereocenters. The van der Waals surface area contributed by atoms with Gasteiger partial charge in [0.2, 0.25) is 5.95 Å². The van der Waals surface area contributed by atoms with Gasteiger partial charge in [-0.25, -0.2) is 4.98 Å². The van der Waals surface area contributed by atoms with Crippen molar-refractivity contribution in [2.24, 2.45) is 17.6 Å². The normalized spacial score (nSPS) is 24.6. The first-order chi connectivity index (χ1) is 10.3. The fourth-order valence-electron chi connectivity index (χ4n) is 3.32. The lowest BCUT2D eigenvalue weighted by Gasteiger charge is -2.27. The third-order valence-electron chi connectivity index (χ3n) is 4.76. The van der Waals surface area contributed by atoms with Crippen molar-refractivity contribution in [2.75, 3.05) is 24.1 Å². The predicted octanol–water partition coefficient (Wildman–Crippen LogP) is 2.20. The zero-order valence-corrected chi connectivity index (χ0v) is 12.5. The van der Waals surface area contributed by atoms with Crippen molar-refractivity contribution >= 4 is 17.8 Å². The van der Waals surface area contributed by atoms with Crippen LogP contribution in [0.2, 0.25) is 0 Å². The summed E-state index contributed by atoms with van der Waals surface area (Å²) in [5.74, 6) is 2.71. The first-order valence-electron chi connectivity index (χ1n) is 8.03. The van der Waals surface area contributed by atoms with E-state index in [4.69, 9.17) is 11.5 Å². The Hall–Kier alpha value is -1.62. The van der Waals surface area contributed by atoms with Gasteiger partial charge in [0.25, 0.3) is 0 Å². The zero-order valence-electron chi connectivity index (χ0n) is 12.5. The quantitative estimate of drug-likeness (QED) is 0.790. The number of nitrogens with one attached hydrogen (secondary N) is 1. The highest BCUT2D eigenvalue weighted by Gasteiger charge is 2.20. The van der Waals surface area contributed by atoms with Crippen LogP contribution in [0.5, 0.6) is 0 Å². The monoisotopic (exact) mass is 287 g/mol. The Balaban J connectivity index is 1.59. The predicted molar refractivity (Wildman–Crippen MR) is 86.8 cm³/mol. The molecule has 114 valence electrons. The van der Waals surface area contributed by atoms with Crippen LogP contribution in [0.4, 0.5) is 11.8 Å². The molecule has 2 aliphatic carbocycles. The van der Waals surface area contributed by atoms with Gasteiger partial charge in [0.15, 0.2) is 0 Å². The van der Waals surface area contributed by atoms with Gasteiger partial charge in [-0.3, -0.25) is 0 Å². The molecule has 2 aliphatic rings. The average molecular weight is 287 g/mol. The van der Waals surface area contributed by atoms with Crippen molar-refractivity contribution in [3.8, 4) is 0 Å². The molecule has 0 bridgehead atoms. The van der Waals surface area contributed by atoms with Gasteiger partial charge < -0.3 is 16.8 Å². The number of rotatable bonds is 4. The molecule has 1 aromatic heterocycles. The van der Waals surface area contributed by atoms with E-state index in [9.17, 15) is 0 Å². The molecule has 0 spiro atoms. The highest BCUT2D eigenvalue weighted by molar-refractivity contribution is 5.61. The van der Waals surface area contributed by atoms with Crippen molar-refractivity contribution in [1.29, 1.82) is 0 Å². The van der Waals surface area contributed by atoms with Crippen LogP contribution in [0.1, 0.15) is 43.4 Å². The van der Waals surface area contributed by atoms with E-state index in [1.807, 2.05) is 0 Å². The van der Waals surface area contributed by atoms with Crippen LogP contribution in [0.3, 0.4) is 0 Å². The van der Waals surface area contributed by atoms with Crippen LogP contribution in [0, 0.1) is 11.8 Å². The van der Waals surface area contributed by atoms with E-state index in [1.54, 1.807) is 0 Å². The first-order valence-corrected chi connectivity index (χ1v) is 8.03.